The zero-order valence-electron chi connectivity index (χ0n) is 13.0. The van der Waals surface area contributed by atoms with Crippen molar-refractivity contribution in [3.8, 4) is 0 Å². The Morgan fingerprint density at radius 2 is 1.76 bits per heavy atom. The zero-order valence-corrected chi connectivity index (χ0v) is 14.9. The maximum Gasteiger partial charge on any atom is 1.00 e. The number of aliphatic carboxylic acids is 1. The Hall–Kier alpha value is -1.04. The molecule has 0 aliphatic carbocycles. The van der Waals surface area contributed by atoms with Gasteiger partial charge in [0, 0.05) is 0 Å². The molecular weight excluding hydrogens is 293 g/mol. The quantitative estimate of drug-likeness (QED) is 0.473. The first-order valence-electron chi connectivity index (χ1n) is 6.19. The van der Waals surface area contributed by atoms with Crippen LogP contribution in [0, 0.1) is 6.92 Å². The van der Waals surface area contributed by atoms with Crippen LogP contribution in [-0.2, 0) is 4.79 Å². The van der Waals surface area contributed by atoms with Crippen LogP contribution >= 0.6 is 12.2 Å². The van der Waals surface area contributed by atoms with Crippen molar-refractivity contribution in [3.05, 3.63) is 70.8 Å². The number of benzene rings is 2. The van der Waals surface area contributed by atoms with Gasteiger partial charge in [-0.3, -0.25) is 4.79 Å². The topological polar surface area (TPSA) is 63.3 Å². The monoisotopic (exact) mass is 309 g/mol. The Kier molecular flexibility index (Phi) is 6.71. The molecule has 1 atom stereocenters. The van der Waals surface area contributed by atoms with Gasteiger partial charge in [0.15, 0.2) is 0 Å². The molecule has 1 unspecified atom stereocenters. The van der Waals surface area contributed by atoms with Crippen molar-refractivity contribution >= 4 is 23.1 Å². The fraction of sp³-hybridized carbons (Fsp3) is 0.125. The van der Waals surface area contributed by atoms with Crippen molar-refractivity contribution in [2.75, 3.05) is 0 Å². The Morgan fingerprint density at radius 3 is 2.33 bits per heavy atom. The molecular formula is C16H16NNaO2S. The number of hydrogen-bond acceptors (Lipinski definition) is 3. The minimum Gasteiger partial charge on any atom is -1.00 e. The van der Waals surface area contributed by atoms with Crippen molar-refractivity contribution in [3.63, 3.8) is 0 Å². The molecule has 0 fully saturated rings. The van der Waals surface area contributed by atoms with E-state index in [4.69, 9.17) is 23.1 Å². The molecule has 3 N–H and O–H groups in total. The summed E-state index contributed by atoms with van der Waals surface area (Å²) in [6, 6.07) is 13.9. The molecule has 0 spiro atoms. The molecule has 104 valence electrons. The summed E-state index contributed by atoms with van der Waals surface area (Å²) in [5.41, 5.74) is 9.05. The fourth-order valence-corrected chi connectivity index (χ4v) is 2.22. The van der Waals surface area contributed by atoms with Crippen LogP contribution < -0.4 is 35.3 Å². The molecule has 2 rings (SSSR count). The maximum atomic E-state index is 10.9. The Morgan fingerprint density at radius 1 is 1.19 bits per heavy atom. The number of carbonyl (C=O) groups is 1. The first-order valence-corrected chi connectivity index (χ1v) is 6.59. The third kappa shape index (κ3) is 4.46. The SMILES string of the molecule is Cc1cccc(C(=S)c2cccc(C(N)C(=O)O)c2)c1.[H-].[Na+]. The number of aryl methyl sites for hydroxylation is 1. The smallest absolute Gasteiger partial charge is 1.00 e. The van der Waals surface area contributed by atoms with E-state index >= 15 is 0 Å². The summed E-state index contributed by atoms with van der Waals surface area (Å²) in [7, 11) is 0. The molecule has 0 amide bonds. The molecule has 0 aromatic heterocycles. The first kappa shape index (κ1) is 18.0. The van der Waals surface area contributed by atoms with Crippen molar-refractivity contribution in [1.29, 1.82) is 0 Å². The summed E-state index contributed by atoms with van der Waals surface area (Å²) in [6.45, 7) is 2.00. The van der Waals surface area contributed by atoms with Gasteiger partial charge in [-0.05, 0) is 29.7 Å². The second-order valence-electron chi connectivity index (χ2n) is 4.64. The second kappa shape index (κ2) is 7.82. The predicted octanol–water partition coefficient (Wildman–Crippen LogP) is -0.0378. The van der Waals surface area contributed by atoms with Crippen LogP contribution in [0.5, 0.6) is 0 Å². The van der Waals surface area contributed by atoms with Gasteiger partial charge in [-0.1, -0.05) is 60.2 Å². The average Bonchev–Trinajstić information content (AvgIpc) is 2.45. The van der Waals surface area contributed by atoms with Crippen LogP contribution in [0.3, 0.4) is 0 Å². The number of thiocarbonyl (C=S) groups is 1. The molecule has 5 heteroatoms. The minimum absolute atomic E-state index is 0. The van der Waals surface area contributed by atoms with Crippen LogP contribution in [0.15, 0.2) is 48.5 Å². The number of hydrogen-bond donors (Lipinski definition) is 2. The Balaban J connectivity index is 0.00000220. The Bertz CT molecular complexity index is 679. The fourth-order valence-electron chi connectivity index (χ4n) is 1.97. The van der Waals surface area contributed by atoms with Gasteiger partial charge < -0.3 is 12.3 Å². The molecule has 2 aromatic rings. The maximum absolute atomic E-state index is 10.9. The summed E-state index contributed by atoms with van der Waals surface area (Å²) in [5.74, 6) is -1.05. The number of rotatable bonds is 4. The largest absolute Gasteiger partial charge is 1.00 e. The molecule has 0 bridgehead atoms. The van der Waals surface area contributed by atoms with Gasteiger partial charge in [-0.25, -0.2) is 0 Å². The predicted molar refractivity (Wildman–Crippen MR) is 84.1 cm³/mol. The third-order valence-electron chi connectivity index (χ3n) is 3.05. The first-order chi connectivity index (χ1) is 9.49. The van der Waals surface area contributed by atoms with E-state index in [9.17, 15) is 4.79 Å². The minimum atomic E-state index is -1.05. The van der Waals surface area contributed by atoms with Gasteiger partial charge in [0.2, 0.25) is 0 Å². The van der Waals surface area contributed by atoms with E-state index in [1.165, 1.54) is 0 Å². The second-order valence-corrected chi connectivity index (χ2v) is 5.05. The van der Waals surface area contributed by atoms with Gasteiger partial charge in [-0.2, -0.15) is 0 Å². The van der Waals surface area contributed by atoms with Crippen molar-refractivity contribution in [2.24, 2.45) is 5.73 Å². The van der Waals surface area contributed by atoms with E-state index in [0.29, 0.717) is 10.4 Å². The number of carboxylic acids is 1. The molecule has 0 saturated carbocycles. The summed E-state index contributed by atoms with van der Waals surface area (Å²) >= 11 is 5.47. The molecule has 2 aromatic carbocycles. The number of carboxylic acid groups (broad SMARTS) is 1. The normalized spacial score (nSPS) is 11.3. The molecule has 21 heavy (non-hydrogen) atoms. The zero-order chi connectivity index (χ0) is 14.7. The van der Waals surface area contributed by atoms with Crippen LogP contribution in [0.1, 0.15) is 29.7 Å². The standard InChI is InChI=1S/C16H15NO2S.Na.H/c1-10-4-2-6-12(8-10)15(20)13-7-3-5-11(9-13)14(17)16(18)19;;/h2-9,14H,17H2,1H3,(H,18,19);;/q;+1;-1. The van der Waals surface area contributed by atoms with E-state index in [0.717, 1.165) is 16.7 Å². The molecule has 0 saturated heterocycles. The van der Waals surface area contributed by atoms with Crippen LogP contribution in [-0.4, -0.2) is 15.9 Å². The van der Waals surface area contributed by atoms with Crippen LogP contribution in [0.2, 0.25) is 0 Å². The van der Waals surface area contributed by atoms with Crippen LogP contribution in [0.4, 0.5) is 0 Å². The summed E-state index contributed by atoms with van der Waals surface area (Å²) < 4.78 is 0. The van der Waals surface area contributed by atoms with Gasteiger partial charge in [0.25, 0.3) is 0 Å². The van der Waals surface area contributed by atoms with E-state index in [1.807, 2.05) is 37.3 Å². The number of nitrogens with two attached hydrogens (primary N) is 1. The van der Waals surface area contributed by atoms with E-state index in [-0.39, 0.29) is 31.0 Å². The van der Waals surface area contributed by atoms with Gasteiger partial charge in [-0.15, -0.1) is 0 Å². The third-order valence-corrected chi connectivity index (χ3v) is 3.53. The van der Waals surface area contributed by atoms with Gasteiger partial charge in [0.1, 0.15) is 6.04 Å². The van der Waals surface area contributed by atoms with Gasteiger partial charge in [0.05, 0.1) is 4.86 Å². The Labute approximate surface area is 153 Å². The van der Waals surface area contributed by atoms with E-state index < -0.39 is 12.0 Å². The summed E-state index contributed by atoms with van der Waals surface area (Å²) in [4.78, 5) is 11.6. The summed E-state index contributed by atoms with van der Waals surface area (Å²) in [6.07, 6.45) is 0. The molecule has 0 heterocycles. The van der Waals surface area contributed by atoms with Crippen molar-refractivity contribution in [2.45, 2.75) is 13.0 Å². The van der Waals surface area contributed by atoms with Crippen molar-refractivity contribution < 1.29 is 40.9 Å². The van der Waals surface area contributed by atoms with E-state index in [1.54, 1.807) is 18.2 Å². The van der Waals surface area contributed by atoms with Gasteiger partial charge >= 0.3 is 35.5 Å². The summed E-state index contributed by atoms with van der Waals surface area (Å²) in [5, 5.41) is 8.96. The van der Waals surface area contributed by atoms with Crippen molar-refractivity contribution in [1.82, 2.24) is 0 Å². The average molecular weight is 309 g/mol. The molecule has 0 aliphatic heterocycles. The van der Waals surface area contributed by atoms with E-state index in [2.05, 4.69) is 0 Å². The molecule has 0 radical (unpaired) electrons. The molecule has 0 aliphatic rings. The molecule has 3 nitrogen and oxygen atoms in total. The van der Waals surface area contributed by atoms with Crippen LogP contribution in [0.25, 0.3) is 0 Å².